The van der Waals surface area contributed by atoms with Crippen LogP contribution >= 0.6 is 0 Å². The van der Waals surface area contributed by atoms with Crippen LogP contribution in [0, 0.1) is 13.8 Å². The number of hydrogen-bond acceptors (Lipinski definition) is 2. The van der Waals surface area contributed by atoms with Crippen molar-refractivity contribution in [1.29, 1.82) is 0 Å². The van der Waals surface area contributed by atoms with E-state index in [2.05, 4.69) is 4.72 Å². The van der Waals surface area contributed by atoms with Crippen LogP contribution in [0.25, 0.3) is 0 Å². The molecule has 0 aromatic heterocycles. The molecule has 0 spiro atoms. The Hall–Kier alpha value is -0.910. The molecule has 0 aliphatic carbocycles. The van der Waals surface area contributed by atoms with Crippen LogP contribution in [0.2, 0.25) is 0 Å². The number of nitrogens with two attached hydrogens (primary N) is 1. The first kappa shape index (κ1) is 11.2. The van der Waals surface area contributed by atoms with Crippen molar-refractivity contribution in [2.45, 2.75) is 20.4 Å². The minimum Gasteiger partial charge on any atom is -0.216 e. The predicted octanol–water partition coefficient (Wildman–Crippen LogP) is 0.597. The molecule has 1 rings (SSSR count). The molecule has 0 radical (unpaired) electrons. The lowest BCUT2D eigenvalue weighted by atomic mass is 10.1. The molecule has 0 bridgehead atoms. The van der Waals surface area contributed by atoms with Crippen LogP contribution in [-0.2, 0) is 16.8 Å². The molecule has 0 unspecified atom stereocenters. The van der Waals surface area contributed by atoms with Crippen LogP contribution in [0.4, 0.5) is 0 Å². The van der Waals surface area contributed by atoms with Gasteiger partial charge in [-0.2, -0.15) is 13.1 Å². The Morgan fingerprint density at radius 2 is 1.93 bits per heavy atom. The van der Waals surface area contributed by atoms with E-state index >= 15 is 0 Å². The standard InChI is InChI=1S/C9H14N2O2S/c1-7-3-4-9(5-8(7)2)6-11-14(10,12)13/h3-5,11H,6H2,1-2H3,(H2,10,12,13). The Labute approximate surface area is 84.3 Å². The molecule has 5 heteroatoms. The number of benzene rings is 1. The van der Waals surface area contributed by atoms with Crippen molar-refractivity contribution in [1.82, 2.24) is 4.72 Å². The van der Waals surface area contributed by atoms with E-state index in [1.807, 2.05) is 32.0 Å². The quantitative estimate of drug-likeness (QED) is 0.773. The van der Waals surface area contributed by atoms with Gasteiger partial charge in [0.05, 0.1) is 0 Å². The Kier molecular flexibility index (Phi) is 3.25. The van der Waals surface area contributed by atoms with Gasteiger partial charge >= 0.3 is 0 Å². The first-order valence-electron chi connectivity index (χ1n) is 4.22. The number of nitrogens with one attached hydrogen (secondary N) is 1. The summed E-state index contributed by atoms with van der Waals surface area (Å²) in [4.78, 5) is 0. The molecule has 4 nitrogen and oxygen atoms in total. The van der Waals surface area contributed by atoms with Crippen molar-refractivity contribution in [3.8, 4) is 0 Å². The third kappa shape index (κ3) is 3.45. The van der Waals surface area contributed by atoms with Crippen LogP contribution in [0.3, 0.4) is 0 Å². The molecule has 0 saturated heterocycles. The van der Waals surface area contributed by atoms with Crippen molar-refractivity contribution >= 4 is 10.2 Å². The SMILES string of the molecule is Cc1ccc(CNS(N)(=O)=O)cc1C. The van der Waals surface area contributed by atoms with Crippen LogP contribution in [0.5, 0.6) is 0 Å². The fourth-order valence-corrected chi connectivity index (χ4v) is 1.47. The summed E-state index contributed by atoms with van der Waals surface area (Å²) in [6, 6.07) is 5.77. The highest BCUT2D eigenvalue weighted by molar-refractivity contribution is 7.87. The van der Waals surface area contributed by atoms with Crippen LogP contribution in [0.15, 0.2) is 18.2 Å². The van der Waals surface area contributed by atoms with Gasteiger partial charge in [-0.15, -0.1) is 0 Å². The summed E-state index contributed by atoms with van der Waals surface area (Å²) in [6.07, 6.45) is 0. The van der Waals surface area contributed by atoms with Crippen molar-refractivity contribution in [2.24, 2.45) is 5.14 Å². The van der Waals surface area contributed by atoms with Gasteiger partial charge in [0.2, 0.25) is 0 Å². The molecular formula is C9H14N2O2S. The third-order valence-electron chi connectivity index (χ3n) is 2.05. The molecule has 0 amide bonds. The van der Waals surface area contributed by atoms with Gasteiger partial charge in [0.15, 0.2) is 0 Å². The monoisotopic (exact) mass is 214 g/mol. The maximum atomic E-state index is 10.6. The van der Waals surface area contributed by atoms with E-state index in [9.17, 15) is 8.42 Å². The maximum Gasteiger partial charge on any atom is 0.274 e. The molecule has 0 aliphatic rings. The largest absolute Gasteiger partial charge is 0.274 e. The lowest BCUT2D eigenvalue weighted by Crippen LogP contribution is -2.30. The minimum atomic E-state index is -3.60. The van der Waals surface area contributed by atoms with Crippen molar-refractivity contribution < 1.29 is 8.42 Å². The highest BCUT2D eigenvalue weighted by atomic mass is 32.2. The Morgan fingerprint density at radius 3 is 2.43 bits per heavy atom. The van der Waals surface area contributed by atoms with Crippen LogP contribution in [-0.4, -0.2) is 8.42 Å². The normalized spacial score (nSPS) is 11.6. The van der Waals surface area contributed by atoms with Gasteiger partial charge in [0, 0.05) is 6.54 Å². The third-order valence-corrected chi connectivity index (χ3v) is 2.60. The molecule has 1 aromatic rings. The highest BCUT2D eigenvalue weighted by Crippen LogP contribution is 2.09. The first-order chi connectivity index (χ1) is 6.38. The lowest BCUT2D eigenvalue weighted by molar-refractivity contribution is 0.583. The van der Waals surface area contributed by atoms with Crippen LogP contribution in [0.1, 0.15) is 16.7 Å². The Bertz CT molecular complexity index is 426. The van der Waals surface area contributed by atoms with E-state index < -0.39 is 10.2 Å². The average molecular weight is 214 g/mol. The van der Waals surface area contributed by atoms with Crippen LogP contribution < -0.4 is 9.86 Å². The second kappa shape index (κ2) is 4.08. The summed E-state index contributed by atoms with van der Waals surface area (Å²) in [7, 11) is -3.60. The van der Waals surface area contributed by atoms with E-state index in [0.29, 0.717) is 0 Å². The summed E-state index contributed by atoms with van der Waals surface area (Å²) in [5.74, 6) is 0. The molecule has 14 heavy (non-hydrogen) atoms. The topological polar surface area (TPSA) is 72.2 Å². The maximum absolute atomic E-state index is 10.6. The van der Waals surface area contributed by atoms with Gasteiger partial charge in [-0.05, 0) is 30.5 Å². The smallest absolute Gasteiger partial charge is 0.216 e. The molecule has 1 aromatic carbocycles. The highest BCUT2D eigenvalue weighted by Gasteiger charge is 2.01. The second-order valence-electron chi connectivity index (χ2n) is 3.28. The summed E-state index contributed by atoms with van der Waals surface area (Å²) >= 11 is 0. The lowest BCUT2D eigenvalue weighted by Gasteiger charge is -2.05. The fraction of sp³-hybridized carbons (Fsp3) is 0.333. The molecule has 3 N–H and O–H groups in total. The summed E-state index contributed by atoms with van der Waals surface area (Å²) < 4.78 is 23.5. The zero-order valence-electron chi connectivity index (χ0n) is 8.24. The van der Waals surface area contributed by atoms with Crippen molar-refractivity contribution in [3.63, 3.8) is 0 Å². The molecule has 78 valence electrons. The molecule has 0 atom stereocenters. The van der Waals surface area contributed by atoms with Gasteiger partial charge < -0.3 is 0 Å². The molecule has 0 saturated carbocycles. The molecule has 0 aliphatic heterocycles. The molecule has 0 fully saturated rings. The second-order valence-corrected chi connectivity index (χ2v) is 4.66. The number of rotatable bonds is 3. The summed E-state index contributed by atoms with van der Waals surface area (Å²) in [6.45, 7) is 4.22. The van der Waals surface area contributed by atoms with E-state index in [0.717, 1.165) is 11.1 Å². The number of aryl methyl sites for hydroxylation is 2. The van der Waals surface area contributed by atoms with E-state index in [4.69, 9.17) is 5.14 Å². The van der Waals surface area contributed by atoms with E-state index in [1.54, 1.807) is 0 Å². The predicted molar refractivity (Wildman–Crippen MR) is 55.9 cm³/mol. The van der Waals surface area contributed by atoms with Gasteiger partial charge in [-0.25, -0.2) is 5.14 Å². The average Bonchev–Trinajstić information content (AvgIpc) is 2.06. The fourth-order valence-electron chi connectivity index (χ4n) is 1.10. The summed E-state index contributed by atoms with van der Waals surface area (Å²) in [5.41, 5.74) is 3.23. The van der Waals surface area contributed by atoms with E-state index in [-0.39, 0.29) is 6.54 Å². The Balaban J connectivity index is 2.74. The molecule has 0 heterocycles. The van der Waals surface area contributed by atoms with Crippen molar-refractivity contribution in [2.75, 3.05) is 0 Å². The first-order valence-corrected chi connectivity index (χ1v) is 5.76. The van der Waals surface area contributed by atoms with Crippen molar-refractivity contribution in [3.05, 3.63) is 34.9 Å². The zero-order valence-corrected chi connectivity index (χ0v) is 9.06. The van der Waals surface area contributed by atoms with E-state index in [1.165, 1.54) is 5.56 Å². The molecular weight excluding hydrogens is 200 g/mol. The zero-order chi connectivity index (χ0) is 10.8. The van der Waals surface area contributed by atoms with Gasteiger partial charge in [0.1, 0.15) is 0 Å². The minimum absolute atomic E-state index is 0.236. The van der Waals surface area contributed by atoms with Gasteiger partial charge in [-0.1, -0.05) is 18.2 Å². The summed E-state index contributed by atoms with van der Waals surface area (Å²) in [5, 5.41) is 4.81. The number of hydrogen-bond donors (Lipinski definition) is 2. The Morgan fingerprint density at radius 1 is 1.29 bits per heavy atom. The van der Waals surface area contributed by atoms with Gasteiger partial charge in [-0.3, -0.25) is 0 Å². The van der Waals surface area contributed by atoms with Gasteiger partial charge in [0.25, 0.3) is 10.2 Å².